The molecule has 1 aliphatic heterocycles. The minimum Gasteiger partial charge on any atom is -0.354 e. The molecule has 1 aliphatic rings. The summed E-state index contributed by atoms with van der Waals surface area (Å²) in [5.41, 5.74) is 1.26. The number of hydrogen-bond donors (Lipinski definition) is 1. The van der Waals surface area contributed by atoms with Crippen molar-refractivity contribution in [2.75, 3.05) is 38.1 Å². The third-order valence-electron chi connectivity index (χ3n) is 4.28. The number of rotatable bonds is 4. The minimum absolute atomic E-state index is 0.221. The van der Waals surface area contributed by atoms with Crippen molar-refractivity contribution in [1.29, 1.82) is 0 Å². The molecular weight excluding hydrogens is 338 g/mol. The largest absolute Gasteiger partial charge is 0.354 e. The van der Waals surface area contributed by atoms with Crippen LogP contribution < -0.4 is 10.2 Å². The Morgan fingerprint density at radius 2 is 1.92 bits per heavy atom. The zero-order valence-electron chi connectivity index (χ0n) is 14.5. The van der Waals surface area contributed by atoms with E-state index in [1.807, 2.05) is 31.2 Å². The molecule has 0 aliphatic carbocycles. The van der Waals surface area contributed by atoms with E-state index in [2.05, 4.69) is 32.1 Å². The summed E-state index contributed by atoms with van der Waals surface area (Å²) >= 11 is 6.13. The molecule has 0 saturated carbocycles. The lowest BCUT2D eigenvalue weighted by atomic mass is 10.2. The van der Waals surface area contributed by atoms with Gasteiger partial charge in [-0.3, -0.25) is 4.79 Å². The van der Waals surface area contributed by atoms with E-state index >= 15 is 0 Å². The highest BCUT2D eigenvalue weighted by Gasteiger charge is 2.18. The standard InChI is InChI=1S/C18H22ClN5O/c1-13-21-16(11-17(22-13)24-9-7-23(2)8-10-24)18(25)20-12-14-5-3-4-6-15(14)19/h3-6,11H,7-10,12H2,1-2H3,(H,20,25). The first-order chi connectivity index (χ1) is 12.0. The normalized spacial score (nSPS) is 15.2. The number of hydrogen-bond acceptors (Lipinski definition) is 5. The summed E-state index contributed by atoms with van der Waals surface area (Å²) < 4.78 is 0. The number of amides is 1. The maximum atomic E-state index is 12.5. The van der Waals surface area contributed by atoms with Crippen LogP contribution >= 0.6 is 11.6 Å². The predicted molar refractivity (Wildman–Crippen MR) is 99.1 cm³/mol. The van der Waals surface area contributed by atoms with Crippen LogP contribution in [-0.2, 0) is 6.54 Å². The summed E-state index contributed by atoms with van der Waals surface area (Å²) in [6, 6.07) is 9.23. The van der Waals surface area contributed by atoms with Gasteiger partial charge in [0.25, 0.3) is 5.91 Å². The summed E-state index contributed by atoms with van der Waals surface area (Å²) in [7, 11) is 2.11. The molecule has 132 valence electrons. The Labute approximate surface area is 152 Å². The SMILES string of the molecule is Cc1nc(C(=O)NCc2ccccc2Cl)cc(N2CCN(C)CC2)n1. The quantitative estimate of drug-likeness (QED) is 0.906. The van der Waals surface area contributed by atoms with Gasteiger partial charge >= 0.3 is 0 Å². The van der Waals surface area contributed by atoms with E-state index < -0.39 is 0 Å². The monoisotopic (exact) mass is 359 g/mol. The van der Waals surface area contributed by atoms with Gasteiger partial charge in [0.05, 0.1) is 0 Å². The molecule has 2 aromatic rings. The second-order valence-electron chi connectivity index (χ2n) is 6.22. The molecule has 3 rings (SSSR count). The second-order valence-corrected chi connectivity index (χ2v) is 6.63. The van der Waals surface area contributed by atoms with Gasteiger partial charge in [-0.2, -0.15) is 0 Å². The van der Waals surface area contributed by atoms with Crippen molar-refractivity contribution in [2.45, 2.75) is 13.5 Å². The fourth-order valence-electron chi connectivity index (χ4n) is 2.77. The fraction of sp³-hybridized carbons (Fsp3) is 0.389. The molecule has 1 aromatic heterocycles. The van der Waals surface area contributed by atoms with Gasteiger partial charge in [-0.1, -0.05) is 29.8 Å². The summed E-state index contributed by atoms with van der Waals surface area (Å²) in [6.45, 7) is 5.94. The van der Waals surface area contributed by atoms with Crippen LogP contribution in [0.3, 0.4) is 0 Å². The van der Waals surface area contributed by atoms with Crippen LogP contribution in [0, 0.1) is 6.92 Å². The first kappa shape index (κ1) is 17.6. The van der Waals surface area contributed by atoms with Crippen LogP contribution in [0.2, 0.25) is 5.02 Å². The van der Waals surface area contributed by atoms with Crippen LogP contribution in [0.15, 0.2) is 30.3 Å². The number of halogens is 1. The van der Waals surface area contributed by atoms with E-state index in [1.165, 1.54) is 0 Å². The van der Waals surface area contributed by atoms with Gasteiger partial charge in [-0.05, 0) is 25.6 Å². The first-order valence-electron chi connectivity index (χ1n) is 8.34. The fourth-order valence-corrected chi connectivity index (χ4v) is 2.98. The molecule has 0 unspecified atom stereocenters. The lowest BCUT2D eigenvalue weighted by molar-refractivity contribution is 0.0945. The van der Waals surface area contributed by atoms with E-state index in [4.69, 9.17) is 11.6 Å². The lowest BCUT2D eigenvalue weighted by Gasteiger charge is -2.33. The van der Waals surface area contributed by atoms with Crippen molar-refractivity contribution in [3.8, 4) is 0 Å². The Hall–Kier alpha value is -2.18. The number of anilines is 1. The van der Waals surface area contributed by atoms with Crippen molar-refractivity contribution in [3.05, 3.63) is 52.4 Å². The third kappa shape index (κ3) is 4.46. The minimum atomic E-state index is -0.221. The number of carbonyl (C=O) groups excluding carboxylic acids is 1. The van der Waals surface area contributed by atoms with Crippen LogP contribution in [0.4, 0.5) is 5.82 Å². The van der Waals surface area contributed by atoms with Gasteiger partial charge in [0.2, 0.25) is 0 Å². The molecule has 1 saturated heterocycles. The average molecular weight is 360 g/mol. The third-order valence-corrected chi connectivity index (χ3v) is 4.65. The number of carbonyl (C=O) groups is 1. The first-order valence-corrected chi connectivity index (χ1v) is 8.71. The zero-order valence-corrected chi connectivity index (χ0v) is 15.3. The Morgan fingerprint density at radius 3 is 2.64 bits per heavy atom. The van der Waals surface area contributed by atoms with Gasteiger partial charge in [0.1, 0.15) is 17.3 Å². The van der Waals surface area contributed by atoms with Crippen molar-refractivity contribution < 1.29 is 4.79 Å². The molecule has 2 heterocycles. The number of piperazine rings is 1. The molecular formula is C18H22ClN5O. The summed E-state index contributed by atoms with van der Waals surface area (Å²) in [5.74, 6) is 1.18. The second kappa shape index (κ2) is 7.80. The highest BCUT2D eigenvalue weighted by molar-refractivity contribution is 6.31. The van der Waals surface area contributed by atoms with Gasteiger partial charge in [-0.25, -0.2) is 9.97 Å². The Morgan fingerprint density at radius 1 is 1.20 bits per heavy atom. The molecule has 1 amide bonds. The number of nitrogens with one attached hydrogen (secondary N) is 1. The molecule has 1 aromatic carbocycles. The highest BCUT2D eigenvalue weighted by Crippen LogP contribution is 2.16. The molecule has 0 bridgehead atoms. The maximum absolute atomic E-state index is 12.5. The number of likely N-dealkylation sites (N-methyl/N-ethyl adjacent to an activating group) is 1. The molecule has 1 N–H and O–H groups in total. The molecule has 6 nitrogen and oxygen atoms in total. The maximum Gasteiger partial charge on any atom is 0.270 e. The summed E-state index contributed by atoms with van der Waals surface area (Å²) in [4.78, 5) is 25.7. The predicted octanol–water partition coefficient (Wildman–Crippen LogP) is 2.12. The van der Waals surface area contributed by atoms with Gasteiger partial charge in [0.15, 0.2) is 0 Å². The van der Waals surface area contributed by atoms with Crippen LogP contribution in [0.1, 0.15) is 21.9 Å². The Bertz CT molecular complexity index is 759. The smallest absolute Gasteiger partial charge is 0.270 e. The van der Waals surface area contributed by atoms with E-state index in [1.54, 1.807) is 6.07 Å². The number of nitrogens with zero attached hydrogens (tertiary/aromatic N) is 4. The zero-order chi connectivity index (χ0) is 17.8. The van der Waals surface area contributed by atoms with E-state index in [-0.39, 0.29) is 5.91 Å². The summed E-state index contributed by atoms with van der Waals surface area (Å²) in [6.07, 6.45) is 0. The number of aryl methyl sites for hydroxylation is 1. The van der Waals surface area contributed by atoms with E-state index in [0.29, 0.717) is 23.1 Å². The van der Waals surface area contributed by atoms with Crippen LogP contribution in [0.25, 0.3) is 0 Å². The highest BCUT2D eigenvalue weighted by atomic mass is 35.5. The number of aromatic nitrogens is 2. The summed E-state index contributed by atoms with van der Waals surface area (Å²) in [5, 5.41) is 3.52. The molecule has 25 heavy (non-hydrogen) atoms. The van der Waals surface area contributed by atoms with Crippen LogP contribution in [-0.4, -0.2) is 54.0 Å². The van der Waals surface area contributed by atoms with E-state index in [9.17, 15) is 4.79 Å². The molecule has 0 atom stereocenters. The van der Waals surface area contributed by atoms with E-state index in [0.717, 1.165) is 37.6 Å². The van der Waals surface area contributed by atoms with Crippen molar-refractivity contribution >= 4 is 23.3 Å². The van der Waals surface area contributed by atoms with Crippen molar-refractivity contribution in [2.24, 2.45) is 0 Å². The van der Waals surface area contributed by atoms with Gasteiger partial charge < -0.3 is 15.1 Å². The van der Waals surface area contributed by atoms with Crippen molar-refractivity contribution in [1.82, 2.24) is 20.2 Å². The van der Waals surface area contributed by atoms with Gasteiger partial charge in [0, 0.05) is 43.8 Å². The number of benzene rings is 1. The average Bonchev–Trinajstić information content (AvgIpc) is 2.61. The molecule has 7 heteroatoms. The van der Waals surface area contributed by atoms with Gasteiger partial charge in [-0.15, -0.1) is 0 Å². The lowest BCUT2D eigenvalue weighted by Crippen LogP contribution is -2.45. The molecule has 0 radical (unpaired) electrons. The Kier molecular flexibility index (Phi) is 5.50. The Balaban J connectivity index is 1.71. The van der Waals surface area contributed by atoms with Crippen LogP contribution in [0.5, 0.6) is 0 Å². The van der Waals surface area contributed by atoms with Crippen molar-refractivity contribution in [3.63, 3.8) is 0 Å². The topological polar surface area (TPSA) is 61.4 Å². The molecule has 1 fully saturated rings. The molecule has 0 spiro atoms.